The van der Waals surface area contributed by atoms with Crippen LogP contribution >= 0.6 is 0 Å². The summed E-state index contributed by atoms with van der Waals surface area (Å²) in [4.78, 5) is 43.9. The first-order chi connectivity index (χ1) is 20.3. The van der Waals surface area contributed by atoms with Crippen LogP contribution in [-0.2, 0) is 19.9 Å². The number of hydrogen-bond acceptors (Lipinski definition) is 7. The summed E-state index contributed by atoms with van der Waals surface area (Å²) in [5.41, 5.74) is 5.15. The number of nitrogens with zero attached hydrogens (tertiary/aromatic N) is 2. The Hall–Kier alpha value is -4.48. The predicted octanol–water partition coefficient (Wildman–Crippen LogP) is 1.49. The van der Waals surface area contributed by atoms with Crippen molar-refractivity contribution in [2.45, 2.75) is 31.0 Å². The van der Waals surface area contributed by atoms with E-state index in [9.17, 15) is 19.5 Å². The predicted molar refractivity (Wildman–Crippen MR) is 158 cm³/mol. The number of aliphatic carboxylic acids is 1. The Morgan fingerprint density at radius 1 is 1.00 bits per heavy atom. The lowest BCUT2D eigenvalue weighted by Gasteiger charge is -2.55. The number of ether oxygens (including phenoxy) is 1. The van der Waals surface area contributed by atoms with E-state index in [1.807, 2.05) is 49.4 Å². The van der Waals surface area contributed by atoms with E-state index in [1.54, 1.807) is 29.2 Å². The number of amidine groups is 1. The van der Waals surface area contributed by atoms with Gasteiger partial charge in [-0.3, -0.25) is 15.0 Å². The van der Waals surface area contributed by atoms with Gasteiger partial charge < -0.3 is 36.0 Å². The number of rotatable bonds is 10. The van der Waals surface area contributed by atoms with Crippen LogP contribution in [0, 0.1) is 5.41 Å². The van der Waals surface area contributed by atoms with Gasteiger partial charge in [-0.25, -0.2) is 4.79 Å². The molecule has 2 amide bonds. The number of nitrogen functional groups attached to an aromatic ring is 1. The monoisotopic (exact) mass is 572 g/mol. The number of hydrogen-bond donors (Lipinski definition) is 5. The van der Waals surface area contributed by atoms with Gasteiger partial charge in [-0.05, 0) is 47.0 Å². The molecular weight excluding hydrogens is 536 g/mol. The maximum absolute atomic E-state index is 13.9. The van der Waals surface area contributed by atoms with E-state index in [2.05, 4.69) is 10.6 Å². The molecule has 5 rings (SSSR count). The molecule has 3 aromatic carbocycles. The molecular formula is C31H36N6O5. The second-order valence-electron chi connectivity index (χ2n) is 10.5. The number of amides is 2. The van der Waals surface area contributed by atoms with Gasteiger partial charge >= 0.3 is 5.97 Å². The number of nitrogens with one attached hydrogen (secondary N) is 3. The summed E-state index contributed by atoms with van der Waals surface area (Å²) in [6.45, 7) is 3.15. The third kappa shape index (κ3) is 5.17. The van der Waals surface area contributed by atoms with Crippen LogP contribution in [0.3, 0.4) is 0 Å². The van der Waals surface area contributed by atoms with Crippen molar-refractivity contribution in [3.8, 4) is 5.75 Å². The standard InChI is InChI=1S/C31H36N6O5/c1-2-25(42-22-12-10-21(11-13-22)29(32)33)31(37-17-15-35-19-27(37)39,24-9-5-7-20-6-3-4-8-23(20)24)28(30(40)41)36-16-14-34-18-26(36)38/h3-13,25,28,34-35H,2,14-19H2,1H3,(H3,32,33)(H,40,41). The molecule has 2 heterocycles. The largest absolute Gasteiger partial charge is 0.488 e. The smallest absolute Gasteiger partial charge is 0.329 e. The van der Waals surface area contributed by atoms with Gasteiger partial charge in [0.05, 0.1) is 13.1 Å². The molecule has 3 unspecified atom stereocenters. The Balaban J connectivity index is 1.83. The average Bonchev–Trinajstić information content (AvgIpc) is 3.00. The summed E-state index contributed by atoms with van der Waals surface area (Å²) in [5, 5.41) is 26.6. The van der Waals surface area contributed by atoms with Crippen LogP contribution in [0.25, 0.3) is 10.8 Å². The summed E-state index contributed by atoms with van der Waals surface area (Å²) >= 11 is 0. The van der Waals surface area contributed by atoms with Crippen LogP contribution in [0.15, 0.2) is 66.7 Å². The quantitative estimate of drug-likeness (QED) is 0.180. The first kappa shape index (κ1) is 29.0. The molecule has 3 atom stereocenters. The van der Waals surface area contributed by atoms with E-state index in [4.69, 9.17) is 15.9 Å². The highest BCUT2D eigenvalue weighted by Gasteiger charge is 2.60. The number of nitrogens with two attached hydrogens (primary N) is 1. The number of carbonyl (C=O) groups is 3. The van der Waals surface area contributed by atoms with E-state index in [0.29, 0.717) is 36.4 Å². The van der Waals surface area contributed by atoms with Crippen LogP contribution in [0.4, 0.5) is 0 Å². The van der Waals surface area contributed by atoms with Gasteiger partial charge in [0.1, 0.15) is 23.2 Å². The third-order valence-corrected chi connectivity index (χ3v) is 8.15. The van der Waals surface area contributed by atoms with Crippen LogP contribution in [0.1, 0.15) is 24.5 Å². The Morgan fingerprint density at radius 2 is 1.67 bits per heavy atom. The van der Waals surface area contributed by atoms with Crippen LogP contribution in [0.5, 0.6) is 5.75 Å². The molecule has 2 aliphatic rings. The SMILES string of the molecule is CCC(Oc1ccc(C(=N)N)cc1)C(c1cccc2ccccc12)(C(C(=O)O)N1CCNCC1=O)N1CCNCC1=O. The molecule has 11 heteroatoms. The normalized spacial score (nSPS) is 18.8. The highest BCUT2D eigenvalue weighted by molar-refractivity contribution is 5.95. The second kappa shape index (κ2) is 12.2. The highest BCUT2D eigenvalue weighted by atomic mass is 16.5. The lowest BCUT2D eigenvalue weighted by Crippen LogP contribution is -2.74. The van der Waals surface area contributed by atoms with Crippen LogP contribution < -0.4 is 21.1 Å². The maximum Gasteiger partial charge on any atom is 0.329 e. The molecule has 3 aromatic rings. The molecule has 0 radical (unpaired) electrons. The molecule has 11 nitrogen and oxygen atoms in total. The number of piperazine rings is 2. The maximum atomic E-state index is 13.9. The van der Waals surface area contributed by atoms with E-state index in [-0.39, 0.29) is 43.8 Å². The van der Waals surface area contributed by atoms with Gasteiger partial charge in [0.2, 0.25) is 11.8 Å². The summed E-state index contributed by atoms with van der Waals surface area (Å²) in [7, 11) is 0. The first-order valence-electron chi connectivity index (χ1n) is 14.1. The lowest BCUT2D eigenvalue weighted by molar-refractivity contribution is -0.173. The molecule has 6 N–H and O–H groups in total. The van der Waals surface area contributed by atoms with Crippen LogP contribution in [-0.4, -0.2) is 89.9 Å². The first-order valence-corrected chi connectivity index (χ1v) is 14.1. The Labute approximate surface area is 244 Å². The zero-order chi connectivity index (χ0) is 29.9. The summed E-state index contributed by atoms with van der Waals surface area (Å²) in [5.74, 6) is -1.53. The van der Waals surface area contributed by atoms with E-state index in [0.717, 1.165) is 10.8 Å². The van der Waals surface area contributed by atoms with Gasteiger partial charge in [-0.15, -0.1) is 0 Å². The van der Waals surface area contributed by atoms with Crippen molar-refractivity contribution in [1.29, 1.82) is 5.41 Å². The van der Waals surface area contributed by atoms with E-state index >= 15 is 0 Å². The molecule has 2 saturated heterocycles. The fraction of sp³-hybridized carbons (Fsp3) is 0.355. The lowest BCUT2D eigenvalue weighted by atomic mass is 9.72. The van der Waals surface area contributed by atoms with Crippen LogP contribution in [0.2, 0.25) is 0 Å². The van der Waals surface area contributed by atoms with Gasteiger partial charge in [0.15, 0.2) is 6.04 Å². The minimum absolute atomic E-state index is 0.00490. The molecule has 0 aromatic heterocycles. The number of fused-ring (bicyclic) bond motifs is 1. The number of carboxylic acid groups (broad SMARTS) is 1. The Kier molecular flexibility index (Phi) is 8.41. The summed E-state index contributed by atoms with van der Waals surface area (Å²) in [6, 6.07) is 18.5. The minimum Gasteiger partial charge on any atom is -0.488 e. The fourth-order valence-electron chi connectivity index (χ4n) is 6.35. The molecule has 220 valence electrons. The average molecular weight is 573 g/mol. The highest BCUT2D eigenvalue weighted by Crippen LogP contribution is 2.45. The van der Waals surface area contributed by atoms with Crippen molar-refractivity contribution in [2.75, 3.05) is 39.3 Å². The number of carboxylic acids is 1. The van der Waals surface area contributed by atoms with Crippen molar-refractivity contribution >= 4 is 34.4 Å². The Bertz CT molecular complexity index is 1490. The number of benzene rings is 3. The van der Waals surface area contributed by atoms with Gasteiger partial charge in [0, 0.05) is 31.7 Å². The zero-order valence-electron chi connectivity index (χ0n) is 23.5. The fourth-order valence-corrected chi connectivity index (χ4v) is 6.35. The molecule has 0 spiro atoms. The van der Waals surface area contributed by atoms with Crippen molar-refractivity contribution in [3.63, 3.8) is 0 Å². The van der Waals surface area contributed by atoms with Crippen molar-refractivity contribution < 1.29 is 24.2 Å². The van der Waals surface area contributed by atoms with Gasteiger partial charge in [0.25, 0.3) is 0 Å². The van der Waals surface area contributed by atoms with E-state index in [1.165, 1.54) is 4.90 Å². The summed E-state index contributed by atoms with van der Waals surface area (Å²) in [6.07, 6.45) is -0.573. The molecule has 42 heavy (non-hydrogen) atoms. The van der Waals surface area contributed by atoms with Gasteiger partial charge in [-0.2, -0.15) is 0 Å². The molecule has 0 bridgehead atoms. The Morgan fingerprint density at radius 3 is 2.31 bits per heavy atom. The summed E-state index contributed by atoms with van der Waals surface area (Å²) < 4.78 is 6.68. The molecule has 0 aliphatic carbocycles. The molecule has 2 fully saturated rings. The molecule has 0 saturated carbocycles. The second-order valence-corrected chi connectivity index (χ2v) is 10.5. The molecule has 2 aliphatic heterocycles. The zero-order valence-corrected chi connectivity index (χ0v) is 23.5. The van der Waals surface area contributed by atoms with E-state index < -0.39 is 23.7 Å². The van der Waals surface area contributed by atoms with Crippen molar-refractivity contribution in [2.24, 2.45) is 5.73 Å². The third-order valence-electron chi connectivity index (χ3n) is 8.15. The van der Waals surface area contributed by atoms with Crippen molar-refractivity contribution in [3.05, 3.63) is 77.9 Å². The van der Waals surface area contributed by atoms with Gasteiger partial charge in [-0.1, -0.05) is 49.4 Å². The number of carbonyl (C=O) groups excluding carboxylic acids is 2. The topological polar surface area (TPSA) is 161 Å². The minimum atomic E-state index is -1.62. The van der Waals surface area contributed by atoms with Crippen molar-refractivity contribution in [1.82, 2.24) is 20.4 Å².